The second-order valence-corrected chi connectivity index (χ2v) is 6.20. The number of carbonyl (C=O) groups is 2. The van der Waals surface area contributed by atoms with Crippen LogP contribution in [0.3, 0.4) is 0 Å². The van der Waals surface area contributed by atoms with Crippen molar-refractivity contribution in [2.24, 2.45) is 5.92 Å². The molecule has 8 heteroatoms. The van der Waals surface area contributed by atoms with Gasteiger partial charge >= 0.3 is 6.61 Å². The first-order chi connectivity index (χ1) is 13.5. The average Bonchev–Trinajstić information content (AvgIpc) is 3.05. The summed E-state index contributed by atoms with van der Waals surface area (Å²) in [5, 5.41) is 2.70. The van der Waals surface area contributed by atoms with Gasteiger partial charge in [-0.25, -0.2) is 0 Å². The van der Waals surface area contributed by atoms with E-state index in [4.69, 9.17) is 4.74 Å². The number of ether oxygens (including phenoxy) is 2. The maximum atomic E-state index is 12.5. The monoisotopic (exact) mass is 390 g/mol. The Morgan fingerprint density at radius 1 is 1.21 bits per heavy atom. The molecule has 3 rings (SSSR count). The third kappa shape index (κ3) is 4.57. The van der Waals surface area contributed by atoms with Gasteiger partial charge in [0.25, 0.3) is 0 Å². The molecule has 0 aliphatic carbocycles. The average molecular weight is 390 g/mol. The molecule has 0 saturated carbocycles. The molecule has 1 N–H and O–H groups in total. The lowest BCUT2D eigenvalue weighted by Crippen LogP contribution is -2.28. The number of carbonyl (C=O) groups excluding carboxylic acids is 2. The fraction of sp³-hybridized carbons (Fsp3) is 0.300. The number of halogens is 2. The molecular weight excluding hydrogens is 370 g/mol. The van der Waals surface area contributed by atoms with Crippen molar-refractivity contribution in [3.05, 3.63) is 48.5 Å². The topological polar surface area (TPSA) is 67.9 Å². The van der Waals surface area contributed by atoms with Crippen molar-refractivity contribution in [3.8, 4) is 11.5 Å². The molecule has 0 bridgehead atoms. The first-order valence-corrected chi connectivity index (χ1v) is 8.86. The molecule has 1 unspecified atom stereocenters. The van der Waals surface area contributed by atoms with Crippen molar-refractivity contribution in [1.82, 2.24) is 0 Å². The van der Waals surface area contributed by atoms with Crippen LogP contribution in [-0.2, 0) is 9.59 Å². The first-order valence-electron chi connectivity index (χ1n) is 8.86. The molecule has 2 aromatic carbocycles. The zero-order valence-corrected chi connectivity index (χ0v) is 15.2. The molecule has 2 aromatic rings. The first kappa shape index (κ1) is 19.6. The Balaban J connectivity index is 1.65. The van der Waals surface area contributed by atoms with E-state index in [-0.39, 0.29) is 30.5 Å². The van der Waals surface area contributed by atoms with Crippen LogP contribution < -0.4 is 19.7 Å². The van der Waals surface area contributed by atoms with Gasteiger partial charge in [0.1, 0.15) is 11.5 Å². The highest BCUT2D eigenvalue weighted by Crippen LogP contribution is 2.33. The van der Waals surface area contributed by atoms with Crippen LogP contribution in [-0.4, -0.2) is 31.6 Å². The van der Waals surface area contributed by atoms with Crippen molar-refractivity contribution in [2.75, 3.05) is 23.4 Å². The standard InChI is InChI=1S/C20H20F2N2O4/c1-2-27-17-6-4-3-5-16(17)24-12-13(11-18(24)25)19(26)23-14-7-9-15(10-8-14)28-20(21)22/h3-10,13,20H,2,11-12H2,1H3,(H,23,26). The van der Waals surface area contributed by atoms with E-state index in [9.17, 15) is 18.4 Å². The van der Waals surface area contributed by atoms with Gasteiger partial charge in [-0.3, -0.25) is 9.59 Å². The van der Waals surface area contributed by atoms with Gasteiger partial charge in [0, 0.05) is 18.7 Å². The molecule has 28 heavy (non-hydrogen) atoms. The number of anilines is 2. The summed E-state index contributed by atoms with van der Waals surface area (Å²) in [6.45, 7) is -0.345. The van der Waals surface area contributed by atoms with Crippen molar-refractivity contribution in [3.63, 3.8) is 0 Å². The minimum absolute atomic E-state index is 0.00255. The van der Waals surface area contributed by atoms with Crippen molar-refractivity contribution in [1.29, 1.82) is 0 Å². The summed E-state index contributed by atoms with van der Waals surface area (Å²) >= 11 is 0. The summed E-state index contributed by atoms with van der Waals surface area (Å²) in [5.41, 5.74) is 1.07. The zero-order valence-electron chi connectivity index (χ0n) is 15.2. The number of rotatable bonds is 7. The summed E-state index contributed by atoms with van der Waals surface area (Å²) in [4.78, 5) is 26.5. The summed E-state index contributed by atoms with van der Waals surface area (Å²) < 4.78 is 34.2. The normalized spacial score (nSPS) is 16.4. The molecule has 1 fully saturated rings. The molecule has 1 heterocycles. The van der Waals surface area contributed by atoms with Crippen LogP contribution in [0.2, 0.25) is 0 Å². The highest BCUT2D eigenvalue weighted by atomic mass is 19.3. The van der Waals surface area contributed by atoms with Gasteiger partial charge < -0.3 is 19.7 Å². The van der Waals surface area contributed by atoms with Crippen LogP contribution in [0.1, 0.15) is 13.3 Å². The molecule has 0 radical (unpaired) electrons. The number of hydrogen-bond donors (Lipinski definition) is 1. The Hall–Kier alpha value is -3.16. The smallest absolute Gasteiger partial charge is 0.387 e. The maximum absolute atomic E-state index is 12.5. The molecule has 2 amide bonds. The number of nitrogens with one attached hydrogen (secondary N) is 1. The Labute approximate surface area is 161 Å². The summed E-state index contributed by atoms with van der Waals surface area (Å²) in [6, 6.07) is 12.8. The lowest BCUT2D eigenvalue weighted by Gasteiger charge is -2.20. The highest BCUT2D eigenvalue weighted by Gasteiger charge is 2.36. The molecule has 0 spiro atoms. The molecule has 1 saturated heterocycles. The van der Waals surface area contributed by atoms with Gasteiger partial charge in [-0.1, -0.05) is 12.1 Å². The van der Waals surface area contributed by atoms with E-state index in [0.29, 0.717) is 23.7 Å². The van der Waals surface area contributed by atoms with Crippen molar-refractivity contribution in [2.45, 2.75) is 20.0 Å². The molecular formula is C20H20F2N2O4. The quantitative estimate of drug-likeness (QED) is 0.783. The second-order valence-electron chi connectivity index (χ2n) is 6.20. The maximum Gasteiger partial charge on any atom is 0.387 e. The molecule has 6 nitrogen and oxygen atoms in total. The van der Waals surface area contributed by atoms with E-state index in [1.165, 1.54) is 24.3 Å². The van der Waals surface area contributed by atoms with Crippen LogP contribution in [0.15, 0.2) is 48.5 Å². The lowest BCUT2D eigenvalue weighted by atomic mass is 10.1. The minimum atomic E-state index is -2.91. The largest absolute Gasteiger partial charge is 0.492 e. The van der Waals surface area contributed by atoms with Crippen LogP contribution in [0.25, 0.3) is 0 Å². The van der Waals surface area contributed by atoms with Crippen LogP contribution in [0.4, 0.5) is 20.2 Å². The predicted octanol–water partition coefficient (Wildman–Crippen LogP) is 3.68. The highest BCUT2D eigenvalue weighted by molar-refractivity contribution is 6.04. The summed E-state index contributed by atoms with van der Waals surface area (Å²) in [6.07, 6.45) is 0.0822. The third-order valence-electron chi connectivity index (χ3n) is 4.30. The van der Waals surface area contributed by atoms with Gasteiger partial charge in [-0.2, -0.15) is 8.78 Å². The molecule has 1 aliphatic rings. The van der Waals surface area contributed by atoms with E-state index in [2.05, 4.69) is 10.1 Å². The van der Waals surface area contributed by atoms with Gasteiger partial charge in [0.2, 0.25) is 11.8 Å². The fourth-order valence-electron chi connectivity index (χ4n) is 3.04. The van der Waals surface area contributed by atoms with Gasteiger partial charge in [-0.15, -0.1) is 0 Å². The van der Waals surface area contributed by atoms with Crippen LogP contribution in [0, 0.1) is 5.92 Å². The molecule has 148 valence electrons. The Bertz CT molecular complexity index is 842. The number of alkyl halides is 2. The van der Waals surface area contributed by atoms with E-state index < -0.39 is 12.5 Å². The SMILES string of the molecule is CCOc1ccccc1N1CC(C(=O)Nc2ccc(OC(F)F)cc2)CC1=O. The number of para-hydroxylation sites is 2. The van der Waals surface area contributed by atoms with Gasteiger partial charge in [0.15, 0.2) is 0 Å². The fourth-order valence-corrected chi connectivity index (χ4v) is 3.04. The molecule has 0 aromatic heterocycles. The summed E-state index contributed by atoms with van der Waals surface area (Å²) in [7, 11) is 0. The van der Waals surface area contributed by atoms with Crippen LogP contribution in [0.5, 0.6) is 11.5 Å². The second kappa shape index (κ2) is 8.69. The van der Waals surface area contributed by atoms with E-state index in [1.807, 2.05) is 19.1 Å². The van der Waals surface area contributed by atoms with Crippen LogP contribution >= 0.6 is 0 Å². The third-order valence-corrected chi connectivity index (χ3v) is 4.30. The van der Waals surface area contributed by atoms with Crippen molar-refractivity contribution < 1.29 is 27.8 Å². The van der Waals surface area contributed by atoms with E-state index >= 15 is 0 Å². The number of hydrogen-bond acceptors (Lipinski definition) is 4. The number of amides is 2. The van der Waals surface area contributed by atoms with Crippen molar-refractivity contribution >= 4 is 23.2 Å². The number of benzene rings is 2. The van der Waals surface area contributed by atoms with Gasteiger partial charge in [0.05, 0.1) is 18.2 Å². The van der Waals surface area contributed by atoms with E-state index in [0.717, 1.165) is 0 Å². The predicted molar refractivity (Wildman–Crippen MR) is 99.8 cm³/mol. The lowest BCUT2D eigenvalue weighted by molar-refractivity contribution is -0.122. The van der Waals surface area contributed by atoms with Gasteiger partial charge in [-0.05, 0) is 43.3 Å². The Kier molecular flexibility index (Phi) is 6.08. The minimum Gasteiger partial charge on any atom is -0.492 e. The Morgan fingerprint density at radius 2 is 1.93 bits per heavy atom. The Morgan fingerprint density at radius 3 is 2.61 bits per heavy atom. The zero-order chi connectivity index (χ0) is 20.1. The van der Waals surface area contributed by atoms with E-state index in [1.54, 1.807) is 17.0 Å². The molecule has 1 aliphatic heterocycles. The molecule has 1 atom stereocenters. The number of nitrogens with zero attached hydrogens (tertiary/aromatic N) is 1. The summed E-state index contributed by atoms with van der Waals surface area (Å²) in [5.74, 6) is -0.406.